The Morgan fingerprint density at radius 3 is 2.37 bits per heavy atom. The minimum absolute atomic E-state index is 0.121. The fraction of sp³-hybridized carbons (Fsp3) is 0.625. The molecule has 1 N–H and O–H groups in total. The van der Waals surface area contributed by atoms with E-state index in [1.165, 1.54) is 0 Å². The third-order valence-electron chi connectivity index (χ3n) is 3.76. The van der Waals surface area contributed by atoms with Crippen LogP contribution in [-0.2, 0) is 0 Å². The lowest BCUT2D eigenvalue weighted by atomic mass is 10.1. The predicted molar refractivity (Wildman–Crippen MR) is 81.3 cm³/mol. The van der Waals surface area contributed by atoms with E-state index in [1.807, 2.05) is 12.1 Å². The summed E-state index contributed by atoms with van der Waals surface area (Å²) in [4.78, 5) is 2.12. The summed E-state index contributed by atoms with van der Waals surface area (Å²) in [6.45, 7) is 12.2. The van der Waals surface area contributed by atoms with Crippen LogP contribution in [0.5, 0.6) is 0 Å². The van der Waals surface area contributed by atoms with Crippen molar-refractivity contribution in [2.75, 3.05) is 18.0 Å². The molecule has 0 amide bonds. The standard InChI is InChI=1S/C16H27FN2/c1-6-12(4)19(8-3)16-10-9-14(11-15(16)17)13(5)18-7-2/h9-13,18H,6-8H2,1-5H3. The number of hydrogen-bond donors (Lipinski definition) is 1. The van der Waals surface area contributed by atoms with Crippen LogP contribution in [0, 0.1) is 5.82 Å². The molecular weight excluding hydrogens is 239 g/mol. The van der Waals surface area contributed by atoms with Gasteiger partial charge in [0, 0.05) is 18.6 Å². The van der Waals surface area contributed by atoms with Gasteiger partial charge in [0.25, 0.3) is 0 Å². The quantitative estimate of drug-likeness (QED) is 0.798. The maximum absolute atomic E-state index is 14.3. The molecular formula is C16H27FN2. The fourth-order valence-electron chi connectivity index (χ4n) is 2.39. The van der Waals surface area contributed by atoms with E-state index in [-0.39, 0.29) is 11.9 Å². The van der Waals surface area contributed by atoms with Crippen LogP contribution < -0.4 is 10.2 Å². The minimum atomic E-state index is -0.121. The number of nitrogens with zero attached hydrogens (tertiary/aromatic N) is 1. The number of hydrogen-bond acceptors (Lipinski definition) is 2. The van der Waals surface area contributed by atoms with Crippen molar-refractivity contribution in [1.82, 2.24) is 5.32 Å². The minimum Gasteiger partial charge on any atom is -0.367 e. The molecule has 1 aromatic carbocycles. The zero-order valence-corrected chi connectivity index (χ0v) is 12.8. The van der Waals surface area contributed by atoms with Crippen LogP contribution in [0.4, 0.5) is 10.1 Å². The molecule has 0 heterocycles. The molecule has 0 saturated heterocycles. The van der Waals surface area contributed by atoms with Crippen molar-refractivity contribution in [3.8, 4) is 0 Å². The largest absolute Gasteiger partial charge is 0.367 e. The lowest BCUT2D eigenvalue weighted by Crippen LogP contribution is -2.33. The second-order valence-corrected chi connectivity index (χ2v) is 5.03. The van der Waals surface area contributed by atoms with Gasteiger partial charge in [0.1, 0.15) is 5.82 Å². The molecule has 1 rings (SSSR count). The molecule has 1 aromatic rings. The van der Waals surface area contributed by atoms with Crippen molar-refractivity contribution in [3.63, 3.8) is 0 Å². The first-order valence-corrected chi connectivity index (χ1v) is 7.34. The number of anilines is 1. The van der Waals surface area contributed by atoms with Crippen molar-refractivity contribution in [2.24, 2.45) is 0 Å². The Hall–Kier alpha value is -1.09. The van der Waals surface area contributed by atoms with Crippen LogP contribution in [0.15, 0.2) is 18.2 Å². The Bertz CT molecular complexity index is 392. The van der Waals surface area contributed by atoms with Gasteiger partial charge in [-0.25, -0.2) is 4.39 Å². The molecule has 19 heavy (non-hydrogen) atoms. The van der Waals surface area contributed by atoms with E-state index >= 15 is 0 Å². The molecule has 0 radical (unpaired) electrons. The van der Waals surface area contributed by atoms with Crippen molar-refractivity contribution in [3.05, 3.63) is 29.6 Å². The van der Waals surface area contributed by atoms with Crippen LogP contribution >= 0.6 is 0 Å². The van der Waals surface area contributed by atoms with E-state index in [0.717, 1.165) is 25.1 Å². The molecule has 0 saturated carbocycles. The highest BCUT2D eigenvalue weighted by molar-refractivity contribution is 5.50. The smallest absolute Gasteiger partial charge is 0.146 e. The van der Waals surface area contributed by atoms with Gasteiger partial charge in [-0.15, -0.1) is 0 Å². The Labute approximate surface area is 117 Å². The highest BCUT2D eigenvalue weighted by Gasteiger charge is 2.16. The highest BCUT2D eigenvalue weighted by atomic mass is 19.1. The molecule has 0 bridgehead atoms. The van der Waals surface area contributed by atoms with Crippen LogP contribution in [0.2, 0.25) is 0 Å². The Morgan fingerprint density at radius 2 is 1.89 bits per heavy atom. The summed E-state index contributed by atoms with van der Waals surface area (Å²) in [6.07, 6.45) is 1.02. The number of benzene rings is 1. The second-order valence-electron chi connectivity index (χ2n) is 5.03. The van der Waals surface area contributed by atoms with Crippen molar-refractivity contribution < 1.29 is 4.39 Å². The van der Waals surface area contributed by atoms with Gasteiger partial charge in [0.15, 0.2) is 0 Å². The van der Waals surface area contributed by atoms with Gasteiger partial charge in [-0.1, -0.05) is 19.9 Å². The Morgan fingerprint density at radius 1 is 1.21 bits per heavy atom. The first-order chi connectivity index (χ1) is 9.04. The zero-order chi connectivity index (χ0) is 14.4. The molecule has 2 unspecified atom stereocenters. The van der Waals surface area contributed by atoms with E-state index in [4.69, 9.17) is 0 Å². The normalized spacial score (nSPS) is 14.2. The molecule has 0 aromatic heterocycles. The molecule has 108 valence electrons. The van der Waals surface area contributed by atoms with Gasteiger partial charge in [0.05, 0.1) is 5.69 Å². The van der Waals surface area contributed by atoms with Gasteiger partial charge in [-0.2, -0.15) is 0 Å². The summed E-state index contributed by atoms with van der Waals surface area (Å²) in [6, 6.07) is 6.14. The molecule has 2 atom stereocenters. The highest BCUT2D eigenvalue weighted by Crippen LogP contribution is 2.25. The monoisotopic (exact) mass is 266 g/mol. The lowest BCUT2D eigenvalue weighted by Gasteiger charge is -2.30. The summed E-state index contributed by atoms with van der Waals surface area (Å²) < 4.78 is 14.3. The van der Waals surface area contributed by atoms with E-state index in [1.54, 1.807) is 6.07 Å². The van der Waals surface area contributed by atoms with Crippen LogP contribution in [0.3, 0.4) is 0 Å². The summed E-state index contributed by atoms with van der Waals surface area (Å²) in [5.74, 6) is -0.121. The molecule has 0 fully saturated rings. The number of halogens is 1. The van der Waals surface area contributed by atoms with Gasteiger partial charge in [0.2, 0.25) is 0 Å². The molecule has 0 aliphatic rings. The average Bonchev–Trinajstić information content (AvgIpc) is 2.41. The predicted octanol–water partition coefficient (Wildman–Crippen LogP) is 4.12. The average molecular weight is 266 g/mol. The molecule has 0 aliphatic carbocycles. The maximum atomic E-state index is 14.3. The van der Waals surface area contributed by atoms with Crippen LogP contribution in [0.25, 0.3) is 0 Å². The summed E-state index contributed by atoms with van der Waals surface area (Å²) in [5, 5.41) is 3.31. The van der Waals surface area contributed by atoms with Gasteiger partial charge in [-0.05, 0) is 51.4 Å². The van der Waals surface area contributed by atoms with Gasteiger partial charge >= 0.3 is 0 Å². The van der Waals surface area contributed by atoms with Gasteiger partial charge in [-0.3, -0.25) is 0 Å². The van der Waals surface area contributed by atoms with E-state index in [2.05, 4.69) is 44.8 Å². The molecule has 3 heteroatoms. The van der Waals surface area contributed by atoms with Crippen molar-refractivity contribution >= 4 is 5.69 Å². The second kappa shape index (κ2) is 7.49. The van der Waals surface area contributed by atoms with Gasteiger partial charge < -0.3 is 10.2 Å². The van der Waals surface area contributed by atoms with E-state index < -0.39 is 0 Å². The molecule has 0 spiro atoms. The van der Waals surface area contributed by atoms with E-state index in [9.17, 15) is 4.39 Å². The van der Waals surface area contributed by atoms with Crippen LogP contribution in [0.1, 0.15) is 52.6 Å². The third kappa shape index (κ3) is 3.93. The lowest BCUT2D eigenvalue weighted by molar-refractivity contribution is 0.568. The third-order valence-corrected chi connectivity index (χ3v) is 3.76. The number of nitrogens with one attached hydrogen (secondary N) is 1. The first-order valence-electron chi connectivity index (χ1n) is 7.34. The topological polar surface area (TPSA) is 15.3 Å². The Kier molecular flexibility index (Phi) is 6.29. The fourth-order valence-corrected chi connectivity index (χ4v) is 2.39. The number of rotatable bonds is 7. The maximum Gasteiger partial charge on any atom is 0.146 e. The first kappa shape index (κ1) is 16.0. The SMILES string of the molecule is CCNC(C)c1ccc(N(CC)C(C)CC)c(F)c1. The summed E-state index contributed by atoms with van der Waals surface area (Å²) in [7, 11) is 0. The van der Waals surface area contributed by atoms with Crippen molar-refractivity contribution in [2.45, 2.75) is 53.1 Å². The summed E-state index contributed by atoms with van der Waals surface area (Å²) in [5.41, 5.74) is 1.72. The Balaban J connectivity index is 2.98. The molecule has 0 aliphatic heterocycles. The van der Waals surface area contributed by atoms with Crippen molar-refractivity contribution in [1.29, 1.82) is 0 Å². The summed E-state index contributed by atoms with van der Waals surface area (Å²) >= 11 is 0. The van der Waals surface area contributed by atoms with Crippen LogP contribution in [-0.4, -0.2) is 19.1 Å². The molecule has 2 nitrogen and oxygen atoms in total. The zero-order valence-electron chi connectivity index (χ0n) is 12.8. The van der Waals surface area contributed by atoms with E-state index in [0.29, 0.717) is 11.7 Å².